The van der Waals surface area contributed by atoms with Crippen molar-refractivity contribution in [1.29, 1.82) is 0 Å². The molecule has 4 heterocycles. The second kappa shape index (κ2) is 7.24. The van der Waals surface area contributed by atoms with Gasteiger partial charge in [0.15, 0.2) is 5.60 Å². The molecule has 0 bridgehead atoms. The first-order valence-corrected chi connectivity index (χ1v) is 12.7. The van der Waals surface area contributed by atoms with Crippen LogP contribution in [-0.2, 0) is 10.3 Å². The average molecular weight is 471 g/mol. The van der Waals surface area contributed by atoms with Gasteiger partial charge in [0.25, 0.3) is 0 Å². The van der Waals surface area contributed by atoms with E-state index in [1.54, 1.807) is 0 Å². The third-order valence-electron chi connectivity index (χ3n) is 8.11. The predicted molar refractivity (Wildman–Crippen MR) is 131 cm³/mol. The Hall–Kier alpha value is -3.03. The van der Waals surface area contributed by atoms with E-state index in [9.17, 15) is 5.11 Å². The molecule has 7 heteroatoms. The summed E-state index contributed by atoms with van der Waals surface area (Å²) in [6, 6.07) is 9.98. The molecule has 7 nitrogen and oxygen atoms in total. The summed E-state index contributed by atoms with van der Waals surface area (Å²) in [4.78, 5) is 13.4. The molecule has 3 fully saturated rings. The van der Waals surface area contributed by atoms with E-state index in [2.05, 4.69) is 22.3 Å². The molecule has 1 unspecified atom stereocenters. The largest absolute Gasteiger partial charge is 0.376 e. The number of hydrogen-bond donors (Lipinski definition) is 2. The molecule has 2 saturated carbocycles. The normalized spacial score (nSPS) is 22.7. The summed E-state index contributed by atoms with van der Waals surface area (Å²) in [5.74, 6) is 2.20. The summed E-state index contributed by atoms with van der Waals surface area (Å²) in [5.41, 5.74) is 5.08. The second-order valence-corrected chi connectivity index (χ2v) is 10.8. The number of hydrogen-bond acceptors (Lipinski definition) is 6. The minimum Gasteiger partial charge on any atom is -0.376 e. The van der Waals surface area contributed by atoms with Crippen molar-refractivity contribution in [3.8, 4) is 11.1 Å². The number of fused-ring (bicyclic) bond motifs is 1. The van der Waals surface area contributed by atoms with Crippen molar-refractivity contribution in [1.82, 2.24) is 20.1 Å². The van der Waals surface area contributed by atoms with Gasteiger partial charge >= 0.3 is 0 Å². The van der Waals surface area contributed by atoms with Crippen molar-refractivity contribution >= 4 is 11.0 Å². The average Bonchev–Trinajstić information content (AvgIpc) is 3.70. The van der Waals surface area contributed by atoms with E-state index in [-0.39, 0.29) is 5.60 Å². The fourth-order valence-corrected chi connectivity index (χ4v) is 5.86. The van der Waals surface area contributed by atoms with Gasteiger partial charge in [0.1, 0.15) is 11.6 Å². The summed E-state index contributed by atoms with van der Waals surface area (Å²) >= 11 is 0. The van der Waals surface area contributed by atoms with E-state index in [0.717, 1.165) is 89.2 Å². The third kappa shape index (κ3) is 3.28. The van der Waals surface area contributed by atoms with Crippen molar-refractivity contribution in [2.45, 2.75) is 82.5 Å². The van der Waals surface area contributed by atoms with Crippen LogP contribution in [0, 0.1) is 20.8 Å². The zero-order valence-corrected chi connectivity index (χ0v) is 20.4. The highest BCUT2D eigenvalue weighted by atomic mass is 16.5. The monoisotopic (exact) mass is 470 g/mol. The van der Waals surface area contributed by atoms with Crippen LogP contribution < -0.4 is 0 Å². The van der Waals surface area contributed by atoms with E-state index in [4.69, 9.17) is 19.2 Å². The maximum atomic E-state index is 12.8. The van der Waals surface area contributed by atoms with E-state index in [1.807, 2.05) is 39.0 Å². The molecule has 1 aliphatic heterocycles. The standard InChI is InChI=1S/C28H30N4O3/c1-15-5-4-6-22(29-15)28(33,23-9-10-27(34-23)11-12-27)20-13-19(24-16(2)32-35-17(24)3)14-21-25(20)31-26(30-21)18-7-8-18/h4-6,13-14,18,23,33H,7-12H2,1-3H3,(H,30,31)/t23-,28?/m0/s1. The number of pyridine rings is 1. The number of nitrogens with zero attached hydrogens (tertiary/aromatic N) is 3. The van der Waals surface area contributed by atoms with Crippen LogP contribution >= 0.6 is 0 Å². The highest BCUT2D eigenvalue weighted by Crippen LogP contribution is 2.54. The number of nitrogens with one attached hydrogen (secondary N) is 1. The maximum absolute atomic E-state index is 12.8. The Morgan fingerprint density at radius 2 is 1.89 bits per heavy atom. The van der Waals surface area contributed by atoms with Gasteiger partial charge in [0.2, 0.25) is 0 Å². The van der Waals surface area contributed by atoms with E-state index >= 15 is 0 Å². The molecule has 1 spiro atoms. The zero-order chi connectivity index (χ0) is 23.9. The molecule has 1 saturated heterocycles. The lowest BCUT2D eigenvalue weighted by Gasteiger charge is -2.34. The molecule has 3 aromatic heterocycles. The molecule has 1 aromatic carbocycles. The van der Waals surface area contributed by atoms with Gasteiger partial charge in [-0.25, -0.2) is 4.98 Å². The van der Waals surface area contributed by atoms with Crippen molar-refractivity contribution in [2.75, 3.05) is 0 Å². The molecular formula is C28H30N4O3. The number of aromatic nitrogens is 4. The van der Waals surface area contributed by atoms with Gasteiger partial charge < -0.3 is 19.4 Å². The predicted octanol–water partition coefficient (Wildman–Crippen LogP) is 5.36. The molecule has 3 aliphatic rings. The lowest BCUT2D eigenvalue weighted by molar-refractivity contribution is -0.0934. The van der Waals surface area contributed by atoms with Gasteiger partial charge in [-0.05, 0) is 89.1 Å². The van der Waals surface area contributed by atoms with Crippen molar-refractivity contribution in [2.24, 2.45) is 0 Å². The smallest absolute Gasteiger partial charge is 0.160 e. The number of aromatic amines is 1. The minimum atomic E-state index is -1.44. The Bertz CT molecular complexity index is 1440. The first-order chi connectivity index (χ1) is 16.9. The molecule has 35 heavy (non-hydrogen) atoms. The van der Waals surface area contributed by atoms with Gasteiger partial charge in [-0.2, -0.15) is 0 Å². The zero-order valence-electron chi connectivity index (χ0n) is 20.4. The SMILES string of the molecule is Cc1cccc(C(O)(c2cc(-c3c(C)noc3C)cc3[nH]c(C4CC4)nc23)[C@@H]2CCC3(CC3)O2)n1. The quantitative estimate of drug-likeness (QED) is 0.407. The van der Waals surface area contributed by atoms with Crippen LogP contribution in [0.25, 0.3) is 22.2 Å². The summed E-state index contributed by atoms with van der Waals surface area (Å²) in [6.07, 6.45) is 5.75. The molecule has 0 radical (unpaired) electrons. The topological polar surface area (TPSA) is 97.1 Å². The first kappa shape index (κ1) is 21.3. The molecule has 2 N–H and O–H groups in total. The van der Waals surface area contributed by atoms with Crippen LogP contribution in [0.1, 0.15) is 78.7 Å². The number of ether oxygens (including phenoxy) is 1. The molecule has 180 valence electrons. The summed E-state index contributed by atoms with van der Waals surface area (Å²) in [5, 5.41) is 17.0. The Morgan fingerprint density at radius 1 is 1.06 bits per heavy atom. The lowest BCUT2D eigenvalue weighted by atomic mass is 9.81. The van der Waals surface area contributed by atoms with Crippen LogP contribution in [0.4, 0.5) is 0 Å². The van der Waals surface area contributed by atoms with Crippen LogP contribution in [0.15, 0.2) is 34.9 Å². The molecular weight excluding hydrogens is 440 g/mol. The van der Waals surface area contributed by atoms with Crippen LogP contribution in [0.5, 0.6) is 0 Å². The highest BCUT2D eigenvalue weighted by Gasteiger charge is 2.57. The number of imidazole rings is 1. The Balaban J connectivity index is 1.50. The van der Waals surface area contributed by atoms with Gasteiger partial charge in [0, 0.05) is 22.7 Å². The Kier molecular flexibility index (Phi) is 4.40. The van der Waals surface area contributed by atoms with Crippen LogP contribution in [0.2, 0.25) is 0 Å². The molecule has 4 aromatic rings. The number of benzene rings is 1. The van der Waals surface area contributed by atoms with E-state index in [1.165, 1.54) is 0 Å². The summed E-state index contributed by atoms with van der Waals surface area (Å²) in [7, 11) is 0. The van der Waals surface area contributed by atoms with Crippen molar-refractivity contribution in [3.05, 3.63) is 64.6 Å². The number of aliphatic hydroxyl groups is 1. The highest BCUT2D eigenvalue weighted by molar-refractivity contribution is 5.87. The lowest BCUT2D eigenvalue weighted by Crippen LogP contribution is -2.42. The van der Waals surface area contributed by atoms with E-state index < -0.39 is 11.7 Å². The molecule has 2 atom stereocenters. The first-order valence-electron chi connectivity index (χ1n) is 12.7. The minimum absolute atomic E-state index is 0.0778. The van der Waals surface area contributed by atoms with Gasteiger partial charge in [-0.15, -0.1) is 0 Å². The van der Waals surface area contributed by atoms with Crippen molar-refractivity contribution < 1.29 is 14.4 Å². The van der Waals surface area contributed by atoms with E-state index in [0.29, 0.717) is 11.6 Å². The Morgan fingerprint density at radius 3 is 2.54 bits per heavy atom. The fourth-order valence-electron chi connectivity index (χ4n) is 5.86. The van der Waals surface area contributed by atoms with Gasteiger partial charge in [-0.1, -0.05) is 11.2 Å². The molecule has 2 aliphatic carbocycles. The maximum Gasteiger partial charge on any atom is 0.160 e. The van der Waals surface area contributed by atoms with Crippen molar-refractivity contribution in [3.63, 3.8) is 0 Å². The molecule has 0 amide bonds. The second-order valence-electron chi connectivity index (χ2n) is 10.8. The Labute approximate surface area is 203 Å². The van der Waals surface area contributed by atoms with Gasteiger partial charge in [0.05, 0.1) is 34.1 Å². The van der Waals surface area contributed by atoms with Crippen LogP contribution in [-0.4, -0.2) is 36.9 Å². The third-order valence-corrected chi connectivity index (χ3v) is 8.11. The number of rotatable bonds is 5. The summed E-state index contributed by atoms with van der Waals surface area (Å²) < 4.78 is 12.1. The molecule has 7 rings (SSSR count). The number of H-pyrrole nitrogens is 1. The number of aryl methyl sites for hydroxylation is 3. The fraction of sp³-hybridized carbons (Fsp3) is 0.464. The van der Waals surface area contributed by atoms with Gasteiger partial charge in [-0.3, -0.25) is 4.98 Å². The van der Waals surface area contributed by atoms with Crippen LogP contribution in [0.3, 0.4) is 0 Å². The summed E-state index contributed by atoms with van der Waals surface area (Å²) in [6.45, 7) is 5.83.